The molecule has 0 unspecified atom stereocenters. The van der Waals surface area contributed by atoms with E-state index < -0.39 is 27.8 Å². The molecule has 0 aliphatic rings. The number of carboxylic acid groups (broad SMARTS) is 1. The Morgan fingerprint density at radius 2 is 2.00 bits per heavy atom. The number of benzene rings is 1. The van der Waals surface area contributed by atoms with Gasteiger partial charge in [-0.05, 0) is 25.1 Å². The van der Waals surface area contributed by atoms with E-state index in [1.165, 1.54) is 32.0 Å². The maximum absolute atomic E-state index is 11.8. The van der Waals surface area contributed by atoms with Gasteiger partial charge in [0.05, 0.1) is 15.7 Å². The molecule has 0 spiro atoms. The van der Waals surface area contributed by atoms with Crippen molar-refractivity contribution in [2.24, 2.45) is 0 Å². The van der Waals surface area contributed by atoms with Gasteiger partial charge in [-0.25, -0.2) is 8.42 Å². The molecule has 2 N–H and O–H groups in total. The molecule has 0 aliphatic heterocycles. The second-order valence-corrected chi connectivity index (χ2v) is 6.74. The largest absolute Gasteiger partial charge is 0.480 e. The molecule has 0 aromatic heterocycles. The van der Waals surface area contributed by atoms with Gasteiger partial charge in [-0.1, -0.05) is 18.5 Å². The number of carbonyl (C=O) groups is 2. The van der Waals surface area contributed by atoms with Crippen LogP contribution in [0, 0.1) is 0 Å². The molecule has 0 saturated heterocycles. The van der Waals surface area contributed by atoms with Crippen molar-refractivity contribution in [2.75, 3.05) is 5.75 Å². The SMILES string of the molecule is CCS(=O)(=O)c1ccc(C(=O)N[C@@H](C)C(=O)O)cc1Cl. The van der Waals surface area contributed by atoms with E-state index in [1.54, 1.807) is 0 Å². The topological polar surface area (TPSA) is 101 Å². The quantitative estimate of drug-likeness (QED) is 0.853. The molecular weight excluding hydrogens is 306 g/mol. The van der Waals surface area contributed by atoms with E-state index in [2.05, 4.69) is 5.32 Å². The molecule has 20 heavy (non-hydrogen) atoms. The monoisotopic (exact) mass is 319 g/mol. The van der Waals surface area contributed by atoms with Crippen LogP contribution in [0.3, 0.4) is 0 Å². The van der Waals surface area contributed by atoms with E-state index in [9.17, 15) is 18.0 Å². The standard InChI is InChI=1S/C12H14ClNO5S/c1-3-20(18,19)10-5-4-8(6-9(10)13)11(15)14-7(2)12(16)17/h4-7H,3H2,1-2H3,(H,14,15)(H,16,17)/t7-/m0/s1. The summed E-state index contributed by atoms with van der Waals surface area (Å²) in [6, 6.07) is 2.67. The zero-order valence-electron chi connectivity index (χ0n) is 10.9. The molecule has 0 saturated carbocycles. The van der Waals surface area contributed by atoms with E-state index in [1.807, 2.05) is 0 Å². The maximum Gasteiger partial charge on any atom is 0.325 e. The summed E-state index contributed by atoms with van der Waals surface area (Å²) in [5.74, 6) is -1.91. The first-order valence-corrected chi connectivity index (χ1v) is 7.78. The Morgan fingerprint density at radius 1 is 1.40 bits per heavy atom. The molecule has 1 rings (SSSR count). The highest BCUT2D eigenvalue weighted by molar-refractivity contribution is 7.91. The summed E-state index contributed by atoms with van der Waals surface area (Å²) in [6.07, 6.45) is 0. The molecule has 1 atom stereocenters. The fourth-order valence-electron chi connectivity index (χ4n) is 1.39. The summed E-state index contributed by atoms with van der Waals surface area (Å²) in [6.45, 7) is 2.80. The smallest absolute Gasteiger partial charge is 0.325 e. The lowest BCUT2D eigenvalue weighted by Crippen LogP contribution is -2.38. The summed E-state index contributed by atoms with van der Waals surface area (Å²) in [7, 11) is -3.47. The minimum atomic E-state index is -3.47. The summed E-state index contributed by atoms with van der Waals surface area (Å²) in [4.78, 5) is 22.3. The lowest BCUT2D eigenvalue weighted by Gasteiger charge is -2.10. The first kappa shape index (κ1) is 16.5. The van der Waals surface area contributed by atoms with Crippen molar-refractivity contribution in [3.05, 3.63) is 28.8 Å². The van der Waals surface area contributed by atoms with Crippen molar-refractivity contribution in [1.29, 1.82) is 0 Å². The minimum absolute atomic E-state index is 0.0514. The number of aliphatic carboxylic acids is 1. The van der Waals surface area contributed by atoms with Crippen LogP contribution in [0.5, 0.6) is 0 Å². The van der Waals surface area contributed by atoms with Crippen molar-refractivity contribution in [1.82, 2.24) is 5.32 Å². The fraction of sp³-hybridized carbons (Fsp3) is 0.333. The number of carbonyl (C=O) groups excluding carboxylic acids is 1. The number of nitrogens with one attached hydrogen (secondary N) is 1. The zero-order valence-corrected chi connectivity index (χ0v) is 12.5. The molecule has 0 radical (unpaired) electrons. The highest BCUT2D eigenvalue weighted by atomic mass is 35.5. The van der Waals surface area contributed by atoms with E-state index >= 15 is 0 Å². The van der Waals surface area contributed by atoms with Gasteiger partial charge in [0.15, 0.2) is 9.84 Å². The van der Waals surface area contributed by atoms with Crippen LogP contribution in [-0.4, -0.2) is 37.2 Å². The van der Waals surface area contributed by atoms with Crippen molar-refractivity contribution >= 4 is 33.3 Å². The van der Waals surface area contributed by atoms with Crippen molar-refractivity contribution in [3.8, 4) is 0 Å². The van der Waals surface area contributed by atoms with Gasteiger partial charge in [0.1, 0.15) is 6.04 Å². The Hall–Kier alpha value is -1.60. The lowest BCUT2D eigenvalue weighted by molar-refractivity contribution is -0.138. The van der Waals surface area contributed by atoms with Crippen LogP contribution < -0.4 is 5.32 Å². The number of amides is 1. The third kappa shape index (κ3) is 3.71. The Balaban J connectivity index is 3.04. The van der Waals surface area contributed by atoms with E-state index in [0.29, 0.717) is 0 Å². The Labute approximate surface area is 121 Å². The number of halogens is 1. The fourth-order valence-corrected chi connectivity index (χ4v) is 2.87. The highest BCUT2D eigenvalue weighted by Crippen LogP contribution is 2.23. The first-order chi connectivity index (χ1) is 9.19. The highest BCUT2D eigenvalue weighted by Gasteiger charge is 2.19. The van der Waals surface area contributed by atoms with Crippen molar-refractivity contribution in [3.63, 3.8) is 0 Å². The van der Waals surface area contributed by atoms with Gasteiger partial charge in [-0.15, -0.1) is 0 Å². The molecule has 0 fully saturated rings. The number of carboxylic acids is 1. The van der Waals surface area contributed by atoms with Gasteiger partial charge in [0, 0.05) is 5.56 Å². The number of hydrogen-bond acceptors (Lipinski definition) is 4. The average molecular weight is 320 g/mol. The number of hydrogen-bond donors (Lipinski definition) is 2. The van der Waals surface area contributed by atoms with Crippen molar-refractivity contribution in [2.45, 2.75) is 24.8 Å². The average Bonchev–Trinajstić information content (AvgIpc) is 2.37. The van der Waals surface area contributed by atoms with Crippen LogP contribution >= 0.6 is 11.6 Å². The maximum atomic E-state index is 11.8. The molecule has 1 aromatic rings. The Morgan fingerprint density at radius 3 is 2.45 bits per heavy atom. The predicted octanol–water partition coefficient (Wildman–Crippen LogP) is 1.34. The van der Waals surface area contributed by atoms with E-state index in [0.717, 1.165) is 0 Å². The van der Waals surface area contributed by atoms with Crippen LogP contribution in [0.15, 0.2) is 23.1 Å². The third-order valence-electron chi connectivity index (χ3n) is 2.63. The zero-order chi connectivity index (χ0) is 15.5. The first-order valence-electron chi connectivity index (χ1n) is 5.75. The van der Waals surface area contributed by atoms with Gasteiger partial charge in [-0.3, -0.25) is 9.59 Å². The summed E-state index contributed by atoms with van der Waals surface area (Å²) in [5.41, 5.74) is 0.0955. The van der Waals surface area contributed by atoms with Crippen LogP contribution in [0.4, 0.5) is 0 Å². The van der Waals surface area contributed by atoms with Crippen molar-refractivity contribution < 1.29 is 23.1 Å². The third-order valence-corrected chi connectivity index (χ3v) is 4.84. The molecular formula is C12H14ClNO5S. The lowest BCUT2D eigenvalue weighted by atomic mass is 10.2. The van der Waals surface area contributed by atoms with Gasteiger partial charge >= 0.3 is 5.97 Å². The molecule has 110 valence electrons. The molecule has 1 amide bonds. The molecule has 0 heterocycles. The van der Waals surface area contributed by atoms with Gasteiger partial charge in [-0.2, -0.15) is 0 Å². The molecule has 0 aliphatic carbocycles. The summed E-state index contributed by atoms with van der Waals surface area (Å²) in [5, 5.41) is 10.9. The van der Waals surface area contributed by atoms with Crippen LogP contribution in [0.1, 0.15) is 24.2 Å². The van der Waals surface area contributed by atoms with Gasteiger partial charge < -0.3 is 10.4 Å². The Kier molecular flexibility index (Phi) is 5.13. The number of sulfone groups is 1. The normalized spacial score (nSPS) is 12.8. The molecule has 8 heteroatoms. The van der Waals surface area contributed by atoms with Crippen LogP contribution in [0.2, 0.25) is 5.02 Å². The van der Waals surface area contributed by atoms with Crippen LogP contribution in [-0.2, 0) is 14.6 Å². The second-order valence-electron chi connectivity index (χ2n) is 4.08. The van der Waals surface area contributed by atoms with Gasteiger partial charge in [0.2, 0.25) is 0 Å². The second kappa shape index (κ2) is 6.23. The Bertz CT molecular complexity index is 641. The van der Waals surface area contributed by atoms with Crippen LogP contribution in [0.25, 0.3) is 0 Å². The minimum Gasteiger partial charge on any atom is -0.480 e. The number of rotatable bonds is 5. The van der Waals surface area contributed by atoms with Gasteiger partial charge in [0.25, 0.3) is 5.91 Å². The van der Waals surface area contributed by atoms with E-state index in [4.69, 9.17) is 16.7 Å². The molecule has 0 bridgehead atoms. The molecule has 1 aromatic carbocycles. The summed E-state index contributed by atoms with van der Waals surface area (Å²) < 4.78 is 23.4. The molecule has 6 nitrogen and oxygen atoms in total. The predicted molar refractivity (Wildman–Crippen MR) is 73.7 cm³/mol. The van der Waals surface area contributed by atoms with E-state index in [-0.39, 0.29) is 21.2 Å². The summed E-state index contributed by atoms with van der Waals surface area (Å²) >= 11 is 5.86.